The van der Waals surface area contributed by atoms with Crippen LogP contribution in [0.15, 0.2) is 46.2 Å². The van der Waals surface area contributed by atoms with Gasteiger partial charge in [0.25, 0.3) is 0 Å². The Labute approximate surface area is 117 Å². The molecule has 2 heterocycles. The minimum Gasteiger partial charge on any atom is -0.476 e. The topological polar surface area (TPSA) is 63.3 Å². The zero-order chi connectivity index (χ0) is 14.1. The average Bonchev–Trinajstić information content (AvgIpc) is 3.08. The van der Waals surface area contributed by atoms with Crippen LogP contribution in [0.25, 0.3) is 22.1 Å². The summed E-state index contributed by atoms with van der Waals surface area (Å²) in [4.78, 5) is 16.0. The van der Waals surface area contributed by atoms with Crippen LogP contribution in [0.1, 0.15) is 10.5 Å². The summed E-state index contributed by atoms with van der Waals surface area (Å²) in [5, 5.41) is 11.0. The van der Waals surface area contributed by atoms with Gasteiger partial charge < -0.3 is 9.52 Å². The van der Waals surface area contributed by atoms with Gasteiger partial charge in [-0.1, -0.05) is 6.07 Å². The van der Waals surface area contributed by atoms with E-state index >= 15 is 0 Å². The van der Waals surface area contributed by atoms with E-state index < -0.39 is 11.8 Å². The summed E-state index contributed by atoms with van der Waals surface area (Å²) in [7, 11) is 0. The molecule has 0 spiro atoms. The smallest absolute Gasteiger partial charge is 0.358 e. The minimum atomic E-state index is -1.18. The van der Waals surface area contributed by atoms with Gasteiger partial charge in [0, 0.05) is 5.56 Å². The average molecular weight is 289 g/mol. The van der Waals surface area contributed by atoms with Crippen molar-refractivity contribution < 1.29 is 18.7 Å². The molecule has 0 amide bonds. The summed E-state index contributed by atoms with van der Waals surface area (Å²) >= 11 is 1.40. The molecule has 4 nitrogen and oxygen atoms in total. The summed E-state index contributed by atoms with van der Waals surface area (Å²) < 4.78 is 18.5. The summed E-state index contributed by atoms with van der Waals surface area (Å²) in [6, 6.07) is 9.02. The first-order valence-corrected chi connectivity index (χ1v) is 6.57. The molecule has 0 saturated carbocycles. The number of rotatable bonds is 3. The molecule has 1 N–H and O–H groups in total. The number of carboxylic acids is 1. The SMILES string of the molecule is O=C(O)c1nc(-c2cccs2)oc1-c1ccc(F)cc1. The van der Waals surface area contributed by atoms with Crippen LogP contribution in [-0.4, -0.2) is 16.1 Å². The van der Waals surface area contributed by atoms with Gasteiger partial charge >= 0.3 is 5.97 Å². The highest BCUT2D eigenvalue weighted by Crippen LogP contribution is 2.31. The van der Waals surface area contributed by atoms with Gasteiger partial charge in [0.2, 0.25) is 5.89 Å². The van der Waals surface area contributed by atoms with E-state index in [-0.39, 0.29) is 17.3 Å². The number of thiophene rings is 1. The predicted molar refractivity (Wildman–Crippen MR) is 72.2 cm³/mol. The van der Waals surface area contributed by atoms with E-state index in [0.717, 1.165) is 4.88 Å². The zero-order valence-electron chi connectivity index (χ0n) is 10.0. The number of aromatic carboxylic acids is 1. The lowest BCUT2D eigenvalue weighted by Crippen LogP contribution is -1.98. The van der Waals surface area contributed by atoms with Crippen LogP contribution >= 0.6 is 11.3 Å². The number of carbonyl (C=O) groups is 1. The van der Waals surface area contributed by atoms with Crippen LogP contribution in [0.2, 0.25) is 0 Å². The van der Waals surface area contributed by atoms with Gasteiger partial charge in [-0.2, -0.15) is 0 Å². The van der Waals surface area contributed by atoms with E-state index in [0.29, 0.717) is 5.56 Å². The fraction of sp³-hybridized carbons (Fsp3) is 0. The van der Waals surface area contributed by atoms with E-state index in [2.05, 4.69) is 4.98 Å². The number of aromatic nitrogens is 1. The first-order chi connectivity index (χ1) is 9.65. The summed E-state index contributed by atoms with van der Waals surface area (Å²) in [6.45, 7) is 0. The molecule has 20 heavy (non-hydrogen) atoms. The molecule has 0 unspecified atom stereocenters. The van der Waals surface area contributed by atoms with E-state index in [1.165, 1.54) is 35.6 Å². The molecule has 0 atom stereocenters. The van der Waals surface area contributed by atoms with Crippen LogP contribution in [0.4, 0.5) is 4.39 Å². The van der Waals surface area contributed by atoms with Crippen molar-refractivity contribution >= 4 is 17.3 Å². The van der Waals surface area contributed by atoms with Crippen LogP contribution in [0.5, 0.6) is 0 Å². The Balaban J connectivity index is 2.14. The van der Waals surface area contributed by atoms with Crippen molar-refractivity contribution in [2.45, 2.75) is 0 Å². The van der Waals surface area contributed by atoms with Gasteiger partial charge in [0.05, 0.1) is 4.88 Å². The number of nitrogens with zero attached hydrogens (tertiary/aromatic N) is 1. The Hall–Kier alpha value is -2.47. The summed E-state index contributed by atoms with van der Waals surface area (Å²) in [5.41, 5.74) is 0.291. The van der Waals surface area contributed by atoms with Crippen molar-refractivity contribution in [3.05, 3.63) is 53.3 Å². The van der Waals surface area contributed by atoms with E-state index in [9.17, 15) is 14.3 Å². The Morgan fingerprint density at radius 1 is 1.25 bits per heavy atom. The number of benzene rings is 1. The quantitative estimate of drug-likeness (QED) is 0.794. The van der Waals surface area contributed by atoms with Crippen molar-refractivity contribution in [1.82, 2.24) is 4.98 Å². The second-order valence-electron chi connectivity index (χ2n) is 3.99. The number of oxazole rings is 1. The van der Waals surface area contributed by atoms with Crippen molar-refractivity contribution in [1.29, 1.82) is 0 Å². The number of carboxylic acid groups (broad SMARTS) is 1. The standard InChI is InChI=1S/C14H8FNO3S/c15-9-5-3-8(4-6-9)12-11(14(17)18)16-13(19-12)10-2-1-7-20-10/h1-7H,(H,17,18). The van der Waals surface area contributed by atoms with Crippen molar-refractivity contribution in [3.8, 4) is 22.1 Å². The largest absolute Gasteiger partial charge is 0.476 e. The van der Waals surface area contributed by atoms with E-state index in [1.807, 2.05) is 11.4 Å². The van der Waals surface area contributed by atoms with Crippen LogP contribution < -0.4 is 0 Å². The van der Waals surface area contributed by atoms with Crippen LogP contribution in [0.3, 0.4) is 0 Å². The Morgan fingerprint density at radius 3 is 2.60 bits per heavy atom. The van der Waals surface area contributed by atoms with Gasteiger partial charge in [-0.3, -0.25) is 0 Å². The molecule has 0 aliphatic carbocycles. The molecule has 2 aromatic heterocycles. The van der Waals surface area contributed by atoms with Gasteiger partial charge in [-0.25, -0.2) is 14.2 Å². The second-order valence-corrected chi connectivity index (χ2v) is 4.93. The molecule has 3 aromatic rings. The lowest BCUT2D eigenvalue weighted by Gasteiger charge is -1.97. The molecule has 0 bridgehead atoms. The highest BCUT2D eigenvalue weighted by molar-refractivity contribution is 7.13. The summed E-state index contributed by atoms with van der Waals surface area (Å²) in [5.74, 6) is -1.21. The maximum atomic E-state index is 12.9. The van der Waals surface area contributed by atoms with Crippen molar-refractivity contribution in [2.24, 2.45) is 0 Å². The van der Waals surface area contributed by atoms with Gasteiger partial charge in [-0.05, 0) is 35.7 Å². The molecule has 0 fully saturated rings. The highest BCUT2D eigenvalue weighted by atomic mass is 32.1. The lowest BCUT2D eigenvalue weighted by atomic mass is 10.1. The van der Waals surface area contributed by atoms with Crippen molar-refractivity contribution in [3.63, 3.8) is 0 Å². The number of halogens is 1. The second kappa shape index (κ2) is 4.90. The molecule has 0 aliphatic rings. The maximum absolute atomic E-state index is 12.9. The first kappa shape index (κ1) is 12.6. The molecule has 100 valence electrons. The highest BCUT2D eigenvalue weighted by Gasteiger charge is 2.22. The maximum Gasteiger partial charge on any atom is 0.358 e. The summed E-state index contributed by atoms with van der Waals surface area (Å²) in [6.07, 6.45) is 0. The lowest BCUT2D eigenvalue weighted by molar-refractivity contribution is 0.0691. The van der Waals surface area contributed by atoms with E-state index in [1.54, 1.807) is 6.07 Å². The normalized spacial score (nSPS) is 10.7. The third-order valence-electron chi connectivity index (χ3n) is 2.67. The first-order valence-electron chi connectivity index (χ1n) is 5.69. The Bertz CT molecular complexity index is 747. The van der Waals surface area contributed by atoms with Crippen molar-refractivity contribution in [2.75, 3.05) is 0 Å². The molecule has 6 heteroatoms. The zero-order valence-corrected chi connectivity index (χ0v) is 10.9. The Morgan fingerprint density at radius 2 is 2.00 bits per heavy atom. The van der Waals surface area contributed by atoms with Gasteiger partial charge in [0.1, 0.15) is 5.82 Å². The molecule has 0 aliphatic heterocycles. The van der Waals surface area contributed by atoms with Crippen LogP contribution in [-0.2, 0) is 0 Å². The third-order valence-corrected chi connectivity index (χ3v) is 3.53. The number of hydrogen-bond acceptors (Lipinski definition) is 4. The molecule has 1 aromatic carbocycles. The molecule has 0 saturated heterocycles. The molecule has 3 rings (SSSR count). The number of hydrogen-bond donors (Lipinski definition) is 1. The molecule has 0 radical (unpaired) electrons. The predicted octanol–water partition coefficient (Wildman–Crippen LogP) is 3.91. The van der Waals surface area contributed by atoms with Gasteiger partial charge in [0.15, 0.2) is 11.5 Å². The fourth-order valence-electron chi connectivity index (χ4n) is 1.77. The minimum absolute atomic E-state index is 0.126. The monoisotopic (exact) mass is 289 g/mol. The third kappa shape index (κ3) is 2.21. The van der Waals surface area contributed by atoms with Crippen LogP contribution in [0, 0.1) is 5.82 Å². The molecular weight excluding hydrogens is 281 g/mol. The molecular formula is C14H8FNO3S. The van der Waals surface area contributed by atoms with Gasteiger partial charge in [-0.15, -0.1) is 11.3 Å². The Kier molecular flexibility index (Phi) is 3.08. The van der Waals surface area contributed by atoms with E-state index in [4.69, 9.17) is 4.42 Å². The fourth-order valence-corrected chi connectivity index (χ4v) is 2.42.